The number of rotatable bonds is 9. The number of carbonyl (C=O) groups excluding carboxylic acids is 3. The van der Waals surface area contributed by atoms with Gasteiger partial charge in [-0.2, -0.15) is 0 Å². The van der Waals surface area contributed by atoms with E-state index >= 15 is 0 Å². The van der Waals surface area contributed by atoms with Crippen molar-refractivity contribution < 1.29 is 28.6 Å². The van der Waals surface area contributed by atoms with Gasteiger partial charge in [0.25, 0.3) is 0 Å². The van der Waals surface area contributed by atoms with Crippen LogP contribution in [0.3, 0.4) is 0 Å². The molecule has 0 spiro atoms. The Morgan fingerprint density at radius 1 is 1.00 bits per heavy atom. The minimum atomic E-state index is -2.10. The molecule has 0 radical (unpaired) electrons. The molecular formula is C24H27N3O6. The number of ether oxygens (including phenoxy) is 3. The predicted molar refractivity (Wildman–Crippen MR) is 121 cm³/mol. The molecule has 0 bridgehead atoms. The quantitative estimate of drug-likeness (QED) is 0.392. The molecule has 1 amide bonds. The lowest BCUT2D eigenvalue weighted by molar-refractivity contribution is -0.168. The zero-order valence-corrected chi connectivity index (χ0v) is 19.1. The molecule has 1 aromatic carbocycles. The van der Waals surface area contributed by atoms with Crippen LogP contribution in [-0.4, -0.2) is 53.1 Å². The van der Waals surface area contributed by atoms with Crippen LogP contribution in [0.1, 0.15) is 26.5 Å². The van der Waals surface area contributed by atoms with Gasteiger partial charge in [-0.15, -0.1) is 0 Å². The van der Waals surface area contributed by atoms with Crippen LogP contribution in [-0.2, 0) is 30.3 Å². The number of nitrogens with one attached hydrogen (secondary N) is 1. The monoisotopic (exact) mass is 453 g/mol. The third kappa shape index (κ3) is 4.82. The number of carbonyl (C=O) groups is 3. The molecular weight excluding hydrogens is 426 g/mol. The highest BCUT2D eigenvalue weighted by Gasteiger charge is 2.51. The van der Waals surface area contributed by atoms with Crippen molar-refractivity contribution in [1.29, 1.82) is 0 Å². The maximum absolute atomic E-state index is 13.2. The second-order valence-corrected chi connectivity index (χ2v) is 7.27. The Balaban J connectivity index is 2.29. The third-order valence-electron chi connectivity index (χ3n) is 5.04. The lowest BCUT2D eigenvalue weighted by atomic mass is 9.91. The molecule has 33 heavy (non-hydrogen) atoms. The van der Waals surface area contributed by atoms with E-state index in [1.807, 2.05) is 30.3 Å². The van der Waals surface area contributed by atoms with Crippen LogP contribution in [0.15, 0.2) is 48.7 Å². The number of esters is 2. The molecule has 0 aliphatic heterocycles. The smallest absolute Gasteiger partial charge is 0.344 e. The molecule has 0 fully saturated rings. The van der Waals surface area contributed by atoms with Gasteiger partial charge in [-0.25, -0.2) is 14.6 Å². The SMILES string of the molecule is CCOC(=O)C(Cc1c(-c2ccccc2)nc2ccc(OC)cn12)(NC(C)=O)C(=O)OCC. The molecule has 3 rings (SSSR count). The van der Waals surface area contributed by atoms with Crippen LogP contribution in [0.5, 0.6) is 5.75 Å². The Morgan fingerprint density at radius 2 is 1.64 bits per heavy atom. The fourth-order valence-corrected chi connectivity index (χ4v) is 3.62. The number of fused-ring (bicyclic) bond motifs is 1. The summed E-state index contributed by atoms with van der Waals surface area (Å²) in [5.41, 5.74) is 0.311. The summed E-state index contributed by atoms with van der Waals surface area (Å²) < 4.78 is 17.5. The van der Waals surface area contributed by atoms with Gasteiger partial charge in [-0.1, -0.05) is 30.3 Å². The summed E-state index contributed by atoms with van der Waals surface area (Å²) in [4.78, 5) is 43.2. The van der Waals surface area contributed by atoms with Crippen molar-refractivity contribution in [2.75, 3.05) is 20.3 Å². The summed E-state index contributed by atoms with van der Waals surface area (Å²) in [5.74, 6) is -1.84. The maximum atomic E-state index is 13.2. The Bertz CT molecular complexity index is 1140. The van der Waals surface area contributed by atoms with Gasteiger partial charge in [0, 0.05) is 18.9 Å². The average Bonchev–Trinajstić information content (AvgIpc) is 3.16. The van der Waals surface area contributed by atoms with Gasteiger partial charge < -0.3 is 19.5 Å². The topological polar surface area (TPSA) is 108 Å². The van der Waals surface area contributed by atoms with Crippen LogP contribution < -0.4 is 10.1 Å². The fourth-order valence-electron chi connectivity index (χ4n) is 3.62. The molecule has 0 aliphatic rings. The summed E-state index contributed by atoms with van der Waals surface area (Å²) in [6, 6.07) is 12.9. The van der Waals surface area contributed by atoms with E-state index < -0.39 is 23.4 Å². The summed E-state index contributed by atoms with van der Waals surface area (Å²) in [6.45, 7) is 4.51. The maximum Gasteiger partial charge on any atom is 0.344 e. The molecule has 2 heterocycles. The first-order chi connectivity index (χ1) is 15.9. The van der Waals surface area contributed by atoms with Crippen molar-refractivity contribution in [2.45, 2.75) is 32.7 Å². The molecule has 0 atom stereocenters. The lowest BCUT2D eigenvalue weighted by Gasteiger charge is -2.29. The van der Waals surface area contributed by atoms with Crippen LogP contribution in [0, 0.1) is 0 Å². The fraction of sp³-hybridized carbons (Fsp3) is 0.333. The van der Waals surface area contributed by atoms with E-state index in [1.54, 1.807) is 36.6 Å². The Morgan fingerprint density at radius 3 is 2.18 bits per heavy atom. The molecule has 0 saturated carbocycles. The van der Waals surface area contributed by atoms with E-state index in [2.05, 4.69) is 5.32 Å². The zero-order chi connectivity index (χ0) is 24.0. The minimum Gasteiger partial charge on any atom is -0.495 e. The van der Waals surface area contributed by atoms with Crippen LogP contribution in [0.4, 0.5) is 0 Å². The van der Waals surface area contributed by atoms with E-state index in [9.17, 15) is 14.4 Å². The van der Waals surface area contributed by atoms with Gasteiger partial charge in [0.2, 0.25) is 11.4 Å². The molecule has 0 unspecified atom stereocenters. The number of nitrogens with zero attached hydrogens (tertiary/aromatic N) is 2. The van der Waals surface area contributed by atoms with E-state index in [4.69, 9.17) is 19.2 Å². The van der Waals surface area contributed by atoms with Crippen LogP contribution in [0.25, 0.3) is 16.9 Å². The highest BCUT2D eigenvalue weighted by Crippen LogP contribution is 2.30. The van der Waals surface area contributed by atoms with E-state index in [0.29, 0.717) is 22.8 Å². The highest BCUT2D eigenvalue weighted by molar-refractivity contribution is 6.08. The predicted octanol–water partition coefficient (Wildman–Crippen LogP) is 2.55. The first-order valence-corrected chi connectivity index (χ1v) is 10.6. The first-order valence-electron chi connectivity index (χ1n) is 10.6. The Kier molecular flexibility index (Phi) is 7.32. The van der Waals surface area contributed by atoms with Crippen LogP contribution in [0.2, 0.25) is 0 Å². The van der Waals surface area contributed by atoms with Crippen molar-refractivity contribution in [3.8, 4) is 17.0 Å². The number of amides is 1. The number of aromatic nitrogens is 2. The Hall–Kier alpha value is -3.88. The number of methoxy groups -OCH3 is 1. The van der Waals surface area contributed by atoms with Gasteiger partial charge >= 0.3 is 11.9 Å². The second-order valence-electron chi connectivity index (χ2n) is 7.27. The molecule has 2 aromatic heterocycles. The second kappa shape index (κ2) is 10.2. The highest BCUT2D eigenvalue weighted by atomic mass is 16.6. The largest absolute Gasteiger partial charge is 0.495 e. The zero-order valence-electron chi connectivity index (χ0n) is 19.1. The molecule has 3 aromatic rings. The number of imidazole rings is 1. The van der Waals surface area contributed by atoms with Crippen molar-refractivity contribution >= 4 is 23.5 Å². The molecule has 1 N–H and O–H groups in total. The molecule has 0 aliphatic carbocycles. The van der Waals surface area contributed by atoms with Gasteiger partial charge in [-0.05, 0) is 26.0 Å². The lowest BCUT2D eigenvalue weighted by Crippen LogP contribution is -2.62. The standard InChI is InChI=1S/C24H27N3O6/c1-5-32-22(29)24(26-16(3)28,23(30)33-6-2)14-19-21(17-10-8-7-9-11-17)25-20-13-12-18(31-4)15-27(19)20/h7-13,15H,5-6,14H2,1-4H3,(H,26,28). The summed E-state index contributed by atoms with van der Waals surface area (Å²) in [5, 5.41) is 2.51. The van der Waals surface area contributed by atoms with Gasteiger partial charge in [0.05, 0.1) is 37.9 Å². The molecule has 9 heteroatoms. The van der Waals surface area contributed by atoms with Crippen molar-refractivity contribution in [3.05, 3.63) is 54.4 Å². The summed E-state index contributed by atoms with van der Waals surface area (Å²) in [6.07, 6.45) is 1.46. The van der Waals surface area contributed by atoms with E-state index in [1.165, 1.54) is 14.0 Å². The first kappa shape index (κ1) is 23.8. The molecule has 0 saturated heterocycles. The number of hydrogen-bond donors (Lipinski definition) is 1. The Labute approximate surface area is 191 Å². The molecule has 174 valence electrons. The number of hydrogen-bond acceptors (Lipinski definition) is 7. The number of benzene rings is 1. The van der Waals surface area contributed by atoms with Crippen molar-refractivity contribution in [3.63, 3.8) is 0 Å². The van der Waals surface area contributed by atoms with Gasteiger partial charge in [0.15, 0.2) is 0 Å². The average molecular weight is 453 g/mol. The van der Waals surface area contributed by atoms with Crippen molar-refractivity contribution in [2.24, 2.45) is 0 Å². The van der Waals surface area contributed by atoms with E-state index in [0.717, 1.165) is 5.56 Å². The third-order valence-corrected chi connectivity index (χ3v) is 5.04. The normalized spacial score (nSPS) is 11.2. The van der Waals surface area contributed by atoms with Crippen molar-refractivity contribution in [1.82, 2.24) is 14.7 Å². The van der Waals surface area contributed by atoms with Gasteiger partial charge in [-0.3, -0.25) is 9.20 Å². The summed E-state index contributed by atoms with van der Waals surface area (Å²) in [7, 11) is 1.54. The minimum absolute atomic E-state index is 0.0199. The molecule has 9 nitrogen and oxygen atoms in total. The van der Waals surface area contributed by atoms with Gasteiger partial charge in [0.1, 0.15) is 11.4 Å². The number of pyridine rings is 1. The summed E-state index contributed by atoms with van der Waals surface area (Å²) >= 11 is 0. The van der Waals surface area contributed by atoms with Crippen LogP contribution >= 0.6 is 0 Å². The van der Waals surface area contributed by atoms with E-state index in [-0.39, 0.29) is 19.6 Å².